The van der Waals surface area contributed by atoms with Crippen LogP contribution >= 0.6 is 0 Å². The van der Waals surface area contributed by atoms with Gasteiger partial charge < -0.3 is 10.2 Å². The van der Waals surface area contributed by atoms with Crippen molar-refractivity contribution in [3.8, 4) is 12.3 Å². The van der Waals surface area contributed by atoms with Gasteiger partial charge in [0.15, 0.2) is 5.78 Å². The minimum absolute atomic E-state index is 0.0463. The van der Waals surface area contributed by atoms with Crippen LogP contribution in [0.1, 0.15) is 39.0 Å². The molecule has 4 aliphatic rings. The second kappa shape index (κ2) is 5.94. The molecule has 2 fully saturated rings. The number of carboxylic acid groups (broad SMARTS) is 1. The van der Waals surface area contributed by atoms with E-state index < -0.39 is 17.0 Å². The molecule has 4 rings (SSSR count). The van der Waals surface area contributed by atoms with Gasteiger partial charge in [-0.2, -0.15) is 0 Å². The van der Waals surface area contributed by atoms with E-state index in [0.29, 0.717) is 18.8 Å². The third kappa shape index (κ3) is 2.48. The van der Waals surface area contributed by atoms with Gasteiger partial charge in [-0.05, 0) is 55.4 Å². The molecule has 2 saturated carbocycles. The van der Waals surface area contributed by atoms with Crippen LogP contribution in [-0.2, 0) is 9.59 Å². The van der Waals surface area contributed by atoms with Crippen molar-refractivity contribution in [1.29, 1.82) is 0 Å². The summed E-state index contributed by atoms with van der Waals surface area (Å²) in [6, 6.07) is 0. The number of carboxylic acids is 1. The average molecular weight is 366 g/mol. The molecular formula is C23H26O4. The number of allylic oxidation sites excluding steroid dienone is 4. The summed E-state index contributed by atoms with van der Waals surface area (Å²) in [4.78, 5) is 23.6. The van der Waals surface area contributed by atoms with Gasteiger partial charge in [-0.25, -0.2) is 0 Å². The lowest BCUT2D eigenvalue weighted by Crippen LogP contribution is -2.54. The van der Waals surface area contributed by atoms with Crippen LogP contribution in [-0.4, -0.2) is 27.6 Å². The first kappa shape index (κ1) is 18.3. The van der Waals surface area contributed by atoms with Crippen LogP contribution in [0.2, 0.25) is 0 Å². The number of ketones is 1. The molecule has 142 valence electrons. The number of terminal acetylenes is 1. The Morgan fingerprint density at radius 3 is 2.89 bits per heavy atom. The number of carbonyl (C=O) groups is 2. The number of hydrogen-bond donors (Lipinski definition) is 2. The number of rotatable bonds is 2. The molecule has 0 saturated heterocycles. The molecule has 4 nitrogen and oxygen atoms in total. The van der Waals surface area contributed by atoms with E-state index in [4.69, 9.17) is 6.42 Å². The molecule has 1 unspecified atom stereocenters. The van der Waals surface area contributed by atoms with Gasteiger partial charge in [-0.15, -0.1) is 6.42 Å². The van der Waals surface area contributed by atoms with Crippen LogP contribution in [0.3, 0.4) is 0 Å². The van der Waals surface area contributed by atoms with Crippen LogP contribution in [0.5, 0.6) is 0 Å². The van der Waals surface area contributed by atoms with Gasteiger partial charge in [0, 0.05) is 5.41 Å². The Morgan fingerprint density at radius 2 is 2.22 bits per heavy atom. The number of carbonyl (C=O) groups excluding carboxylic acids is 1. The van der Waals surface area contributed by atoms with Gasteiger partial charge in [-0.1, -0.05) is 42.7 Å². The van der Waals surface area contributed by atoms with Crippen molar-refractivity contribution in [2.75, 3.05) is 0 Å². The molecule has 2 N–H and O–H groups in total. The fourth-order valence-electron chi connectivity index (χ4n) is 6.42. The van der Waals surface area contributed by atoms with Crippen molar-refractivity contribution in [2.24, 2.45) is 35.0 Å². The topological polar surface area (TPSA) is 74.6 Å². The van der Waals surface area contributed by atoms with Crippen molar-refractivity contribution in [3.63, 3.8) is 0 Å². The van der Waals surface area contributed by atoms with E-state index >= 15 is 0 Å². The molecule has 0 aromatic rings. The van der Waals surface area contributed by atoms with Crippen molar-refractivity contribution in [2.45, 2.75) is 44.6 Å². The standard InChI is InChI=1S/C23H26O4/c1-4-14-9-17-15(10-19(14)24)5-6-16-18-7-8-23(27,12-20(25)26)22(18,3)11-13(2)21(16)17/h1,7-8,10,14,16-18,21,27H,2,5-6,9,11-12H2,3H3,(H,25,26)/t14?,16-,17-,18-,21-,22-,23+/m0/s1. The lowest BCUT2D eigenvalue weighted by atomic mass is 9.48. The Bertz CT molecular complexity index is 828. The normalized spacial score (nSPS) is 45.4. The number of fused-ring (bicyclic) bond motifs is 5. The van der Waals surface area contributed by atoms with E-state index in [0.717, 1.165) is 18.4 Å². The summed E-state index contributed by atoms with van der Waals surface area (Å²) >= 11 is 0. The van der Waals surface area contributed by atoms with Gasteiger partial charge in [0.2, 0.25) is 0 Å². The van der Waals surface area contributed by atoms with Gasteiger partial charge >= 0.3 is 5.97 Å². The summed E-state index contributed by atoms with van der Waals surface area (Å²) in [6.45, 7) is 6.36. The third-order valence-corrected chi connectivity index (χ3v) is 7.75. The summed E-state index contributed by atoms with van der Waals surface area (Å²) in [5.41, 5.74) is 0.352. The molecule has 27 heavy (non-hydrogen) atoms. The summed E-state index contributed by atoms with van der Waals surface area (Å²) < 4.78 is 0. The van der Waals surface area contributed by atoms with Crippen molar-refractivity contribution >= 4 is 11.8 Å². The highest BCUT2D eigenvalue weighted by Crippen LogP contribution is 2.64. The van der Waals surface area contributed by atoms with E-state index in [1.165, 1.54) is 5.57 Å². The van der Waals surface area contributed by atoms with E-state index in [9.17, 15) is 19.8 Å². The Kier molecular flexibility index (Phi) is 4.01. The summed E-state index contributed by atoms with van der Waals surface area (Å²) in [7, 11) is 0. The zero-order valence-corrected chi connectivity index (χ0v) is 15.6. The Labute approximate surface area is 160 Å². The maximum atomic E-state index is 12.2. The first-order valence-corrected chi connectivity index (χ1v) is 9.72. The van der Waals surface area contributed by atoms with Crippen LogP contribution in [0, 0.1) is 47.3 Å². The van der Waals surface area contributed by atoms with Crippen molar-refractivity contribution < 1.29 is 19.8 Å². The van der Waals surface area contributed by atoms with Crippen LogP contribution in [0.15, 0.2) is 36.0 Å². The minimum Gasteiger partial charge on any atom is -0.481 e. The second-order valence-corrected chi connectivity index (χ2v) is 9.04. The quantitative estimate of drug-likeness (QED) is 0.582. The lowest BCUT2D eigenvalue weighted by molar-refractivity contribution is -0.149. The predicted octanol–water partition coefficient (Wildman–Crippen LogP) is 3.14. The van der Waals surface area contributed by atoms with Crippen molar-refractivity contribution in [1.82, 2.24) is 0 Å². The zero-order chi connectivity index (χ0) is 19.6. The zero-order valence-electron chi connectivity index (χ0n) is 15.6. The molecule has 4 heteroatoms. The third-order valence-electron chi connectivity index (χ3n) is 7.75. The van der Waals surface area contributed by atoms with Crippen LogP contribution in [0.4, 0.5) is 0 Å². The summed E-state index contributed by atoms with van der Waals surface area (Å²) in [6.07, 6.45) is 13.9. The van der Waals surface area contributed by atoms with E-state index in [2.05, 4.69) is 12.5 Å². The Balaban J connectivity index is 1.69. The molecule has 0 spiro atoms. The number of aliphatic hydroxyl groups is 1. The van der Waals surface area contributed by atoms with E-state index in [1.807, 2.05) is 13.0 Å². The second-order valence-electron chi connectivity index (χ2n) is 9.04. The molecule has 4 aliphatic carbocycles. The maximum absolute atomic E-state index is 12.2. The molecule has 0 heterocycles. The van der Waals surface area contributed by atoms with E-state index in [1.54, 1.807) is 12.2 Å². The van der Waals surface area contributed by atoms with Crippen LogP contribution < -0.4 is 0 Å². The fraction of sp³-hybridized carbons (Fsp3) is 0.565. The van der Waals surface area contributed by atoms with E-state index in [-0.39, 0.29) is 35.9 Å². The largest absolute Gasteiger partial charge is 0.481 e. The first-order chi connectivity index (χ1) is 12.7. The molecule has 0 aliphatic heterocycles. The lowest BCUT2D eigenvalue weighted by Gasteiger charge is -2.56. The minimum atomic E-state index is -1.35. The predicted molar refractivity (Wildman–Crippen MR) is 101 cm³/mol. The monoisotopic (exact) mass is 366 g/mol. The van der Waals surface area contributed by atoms with Crippen LogP contribution in [0.25, 0.3) is 0 Å². The Hall–Kier alpha value is -2.12. The molecule has 0 aromatic carbocycles. The summed E-state index contributed by atoms with van der Waals surface area (Å²) in [5, 5.41) is 20.5. The first-order valence-electron chi connectivity index (χ1n) is 9.72. The number of hydrogen-bond acceptors (Lipinski definition) is 3. The fourth-order valence-corrected chi connectivity index (χ4v) is 6.42. The molecule has 0 radical (unpaired) electrons. The molecule has 7 atom stereocenters. The molecular weight excluding hydrogens is 340 g/mol. The SMILES string of the molecule is C#CC1C[C@H]2C(=CC1=O)CC[C@@H]1[C@@H]2C(=C)C[C@@]2(C)[C@H]1C=C[C@@]2(O)CC(=O)O. The van der Waals surface area contributed by atoms with Gasteiger partial charge in [0.25, 0.3) is 0 Å². The highest BCUT2D eigenvalue weighted by molar-refractivity contribution is 5.95. The van der Waals surface area contributed by atoms with Gasteiger partial charge in [0.05, 0.1) is 17.9 Å². The van der Waals surface area contributed by atoms with Gasteiger partial charge in [-0.3, -0.25) is 9.59 Å². The Morgan fingerprint density at radius 1 is 1.48 bits per heavy atom. The molecule has 0 amide bonds. The van der Waals surface area contributed by atoms with Crippen molar-refractivity contribution in [3.05, 3.63) is 36.0 Å². The van der Waals surface area contributed by atoms with Gasteiger partial charge in [0.1, 0.15) is 0 Å². The molecule has 0 bridgehead atoms. The number of aliphatic carboxylic acids is 1. The molecule has 0 aromatic heterocycles. The highest BCUT2D eigenvalue weighted by atomic mass is 16.4. The summed E-state index contributed by atoms with van der Waals surface area (Å²) in [5.74, 6) is 2.22. The maximum Gasteiger partial charge on any atom is 0.306 e. The average Bonchev–Trinajstić information content (AvgIpc) is 2.84. The highest BCUT2D eigenvalue weighted by Gasteiger charge is 2.61. The smallest absolute Gasteiger partial charge is 0.306 e.